The van der Waals surface area contributed by atoms with E-state index in [0.29, 0.717) is 182 Å². The standard InChI is InChI=1S/C23H33F2N3O3S.C21H29F2N3O3S.C20H27F2N3O3.C20H25F2N3O2.C19H27F2N3O3S/c24-16-5-6-21(25)20(9-16)23-22(26)10-18(13-31-23)27-17-7-14-11-28(12-15(14)8-17)32(29,30)19-3-1-2-4-19;22-14-1-4-19(23)18(7-14)21-20(24)8-16(11-29-21)25-15-5-12-9-26(10-13(12)6-15)30(27,28)17-2-3-17;1-27-20(26)25-8-11-4-14(5-12(11)9-25)24-15-7-18(23)19(28-10-15)16-6-13(21)2-3-17(16)22;1-2-19(26)25-9-12-7-24(8-13(12)10-25)15-6-18(23)20(27-11-15)16-5-14(21)3-4-17(16)22;1-28(25,26)24-8-11-4-14(5-12(11)9-24)23-15-7-18(22)19(27-10-15)16-6-13(20)2-3-17(16)21/h5-6,9,14-15,17-19,22-23,27H,1-4,7-8,10-13,26H2;1,4,7,12-13,15-17,20-21,25H,2-3,5-6,8-11,24H2;2-3,6,11-12,14-15,18-19,24H,4-5,7-10,23H2,1H3;3-5,15,18,20H,2,6-11,23H2,1H3;2-3,6,11-12,14-15,18-19,23H,4-5,7-10,22H2,1H3/t14?,15?,17?,18-,22+,23-;12?,13?,15?,16-,20+,21-;11?,12?,14?,15-,18+,19-;15-,18+,20-;11?,12?,14?,15-,18+,19-/m11111/s1. The Morgan fingerprint density at radius 3 is 0.883 bits per heavy atom. The number of nitrogens with one attached hydrogen (secondary N) is 4. The van der Waals surface area contributed by atoms with Crippen LogP contribution in [0.25, 0.3) is 0 Å². The summed E-state index contributed by atoms with van der Waals surface area (Å²) < 4.78 is 251. The molecule has 11 aliphatic heterocycles. The van der Waals surface area contributed by atoms with Gasteiger partial charge in [-0.05, 0) is 259 Å². The molecule has 22 rings (SSSR count). The Morgan fingerprint density at radius 1 is 0.352 bits per heavy atom. The van der Waals surface area contributed by atoms with Crippen molar-refractivity contribution in [2.45, 2.75) is 261 Å². The minimum Gasteiger partial charge on any atom is -0.453 e. The van der Waals surface area contributed by atoms with E-state index in [1.165, 1.54) is 36.6 Å². The number of hydrogen-bond donors (Lipinski definition) is 9. The Kier molecular flexibility index (Phi) is 34.1. The second-order valence-electron chi connectivity index (χ2n) is 44.0. The molecule has 2 amide bonds. The highest BCUT2D eigenvalue weighted by Crippen LogP contribution is 2.48. The third-order valence-corrected chi connectivity index (χ3v) is 39.6. The van der Waals surface area contributed by atoms with Gasteiger partial charge in [0.25, 0.3) is 0 Å². The van der Waals surface area contributed by atoms with Gasteiger partial charge >= 0.3 is 6.09 Å². The Balaban J connectivity index is 0.000000119. The number of hydrogen-bond acceptors (Lipinski definition) is 24. The average molecular weight is 2100 g/mol. The summed E-state index contributed by atoms with van der Waals surface area (Å²) >= 11 is 0. The second kappa shape index (κ2) is 45.9. The third kappa shape index (κ3) is 25.2. The molecule has 42 heteroatoms. The number of nitrogens with two attached hydrogens (primary N) is 5. The molecule has 17 aliphatic rings. The summed E-state index contributed by atoms with van der Waals surface area (Å²) in [5.74, 6) is -1.43. The number of fused-ring (bicyclic) bond motifs is 4. The molecular formula is C103H141F10N15O14S3. The van der Waals surface area contributed by atoms with Crippen LogP contribution >= 0.6 is 0 Å². The number of nitrogens with zero attached hydrogens (tertiary/aromatic N) is 6. The normalized spacial score (nSPS) is 35.0. The smallest absolute Gasteiger partial charge is 0.409 e. The van der Waals surface area contributed by atoms with Crippen LogP contribution in [-0.2, 0) is 63.3 Å². The number of amides is 2. The van der Waals surface area contributed by atoms with Crippen molar-refractivity contribution in [1.29, 1.82) is 0 Å². The molecule has 0 bridgehead atoms. The van der Waals surface area contributed by atoms with Gasteiger partial charge in [-0.3, -0.25) is 9.69 Å². The number of methoxy groups -OCH3 is 1. The lowest BCUT2D eigenvalue weighted by Gasteiger charge is -2.39. The van der Waals surface area contributed by atoms with Crippen molar-refractivity contribution in [2.75, 3.05) is 125 Å². The van der Waals surface area contributed by atoms with Gasteiger partial charge in [0.15, 0.2) is 0 Å². The van der Waals surface area contributed by atoms with Gasteiger partial charge in [-0.15, -0.1) is 0 Å². The van der Waals surface area contributed by atoms with E-state index in [1.807, 2.05) is 11.8 Å². The summed E-state index contributed by atoms with van der Waals surface area (Å²) in [5.41, 5.74) is 34.8. The van der Waals surface area contributed by atoms with E-state index in [0.717, 1.165) is 208 Å². The fourth-order valence-electron chi connectivity index (χ4n) is 26.4. The van der Waals surface area contributed by atoms with Crippen LogP contribution in [0.1, 0.15) is 194 Å². The number of sulfonamides is 3. The van der Waals surface area contributed by atoms with Crippen molar-refractivity contribution in [3.63, 3.8) is 0 Å². The molecule has 145 heavy (non-hydrogen) atoms. The largest absolute Gasteiger partial charge is 0.453 e. The molecule has 5 aromatic carbocycles. The number of carbonyl (C=O) groups excluding carboxylic acids is 2. The summed E-state index contributed by atoms with van der Waals surface area (Å²) in [5, 5.41) is 14.2. The molecule has 15 fully saturated rings. The minimum absolute atomic E-state index is 0.0534. The van der Waals surface area contributed by atoms with Crippen molar-refractivity contribution >= 4 is 42.1 Å². The Bertz CT molecular complexity index is 5730. The van der Waals surface area contributed by atoms with Gasteiger partial charge in [-0.25, -0.2) is 86.9 Å². The maximum Gasteiger partial charge on any atom is 0.409 e. The summed E-state index contributed by atoms with van der Waals surface area (Å²) in [6.45, 7) is 12.2. The predicted molar refractivity (Wildman–Crippen MR) is 522 cm³/mol. The van der Waals surface area contributed by atoms with Gasteiger partial charge in [0.05, 0.1) is 56.9 Å². The quantitative estimate of drug-likeness (QED) is 0.0258. The van der Waals surface area contributed by atoms with E-state index in [9.17, 15) is 78.7 Å². The van der Waals surface area contributed by atoms with E-state index in [4.69, 9.17) is 57.1 Å². The molecule has 8 unspecified atom stereocenters. The Morgan fingerprint density at radius 2 is 0.621 bits per heavy atom. The van der Waals surface area contributed by atoms with Crippen LogP contribution in [0.5, 0.6) is 0 Å². The van der Waals surface area contributed by atoms with E-state index < -0.39 is 149 Å². The van der Waals surface area contributed by atoms with Crippen molar-refractivity contribution in [1.82, 2.24) is 48.9 Å². The number of halogens is 10. The molecule has 0 radical (unpaired) electrons. The lowest BCUT2D eigenvalue weighted by molar-refractivity contribution is -0.129. The van der Waals surface area contributed by atoms with Crippen molar-refractivity contribution in [3.05, 3.63) is 188 Å². The SMILES string of the molecule is CCC(=O)N1CC2=C(C1)CN([C@H]1CO[C@H](c3cc(F)ccc3F)[C@@H](N)C1)C2.COC(=O)N1CC2CC(N[C@H]3CO[C@H](c4cc(F)ccc4F)[C@@H](N)C3)CC2C1.CS(=O)(=O)N1CC2CC(N[C@H]3CO[C@H](c4cc(F)ccc4F)[C@@H](N)C3)CC2C1.N[C@H]1C[C@@H](NC2CC3CN(S(=O)(=O)C4CC4)CC3C2)CO[C@@H]1c1cc(F)ccc1F.N[C@H]1C[C@@H](NC2CC3CN(S(=O)(=O)C4CCCC4)CC3C2)CO[C@@H]1c1cc(F)ccc1F. The zero-order valence-corrected chi connectivity index (χ0v) is 84.8. The lowest BCUT2D eigenvalue weighted by atomic mass is 9.93. The summed E-state index contributed by atoms with van der Waals surface area (Å²) in [6.07, 6.45) is 14.5. The Labute approximate surface area is 843 Å². The van der Waals surface area contributed by atoms with Gasteiger partial charge < -0.3 is 88.2 Å². The van der Waals surface area contributed by atoms with Gasteiger partial charge in [-0.2, -0.15) is 0 Å². The van der Waals surface area contributed by atoms with Crippen LogP contribution in [0.15, 0.2) is 102 Å². The molecule has 23 atom stereocenters. The first kappa shape index (κ1) is 108. The van der Waals surface area contributed by atoms with Crippen molar-refractivity contribution in [3.8, 4) is 0 Å². The molecule has 0 aromatic heterocycles. The number of likely N-dealkylation sites (tertiary alicyclic amines) is 1. The van der Waals surface area contributed by atoms with E-state index >= 15 is 0 Å². The topological polar surface area (TPSA) is 390 Å². The highest BCUT2D eigenvalue weighted by Gasteiger charge is 2.53. The highest BCUT2D eigenvalue weighted by atomic mass is 32.2. The summed E-state index contributed by atoms with van der Waals surface area (Å²) in [7, 11) is -7.94. The van der Waals surface area contributed by atoms with Crippen LogP contribution in [0, 0.1) is 106 Å². The van der Waals surface area contributed by atoms with Gasteiger partial charge in [0.1, 0.15) is 88.7 Å². The van der Waals surface area contributed by atoms with Crippen molar-refractivity contribution in [2.24, 2.45) is 76.0 Å². The van der Waals surface area contributed by atoms with E-state index in [2.05, 4.69) is 26.2 Å². The van der Waals surface area contributed by atoms with Crippen LogP contribution in [0.3, 0.4) is 0 Å². The number of ether oxygens (including phenoxy) is 6. The predicted octanol–water partition coefficient (Wildman–Crippen LogP) is 10.2. The fraction of sp³-hybridized carbons (Fsp3) is 0.670. The van der Waals surface area contributed by atoms with Gasteiger partial charge in [0, 0.05) is 197 Å². The molecule has 9 saturated heterocycles. The first-order valence-electron chi connectivity index (χ1n) is 51.8. The molecule has 29 nitrogen and oxygen atoms in total. The maximum absolute atomic E-state index is 14.1. The monoisotopic (exact) mass is 2100 g/mol. The van der Waals surface area contributed by atoms with Crippen LogP contribution in [0.4, 0.5) is 48.7 Å². The van der Waals surface area contributed by atoms with Gasteiger partial charge in [-0.1, -0.05) is 19.8 Å². The number of benzene rings is 5. The summed E-state index contributed by atoms with van der Waals surface area (Å²) in [6, 6.07) is 16.4. The van der Waals surface area contributed by atoms with Crippen LogP contribution in [0.2, 0.25) is 0 Å². The zero-order chi connectivity index (χ0) is 103. The molecular weight excluding hydrogens is 1960 g/mol. The first-order chi connectivity index (χ1) is 69.2. The van der Waals surface area contributed by atoms with Gasteiger partial charge in [0.2, 0.25) is 36.0 Å². The summed E-state index contributed by atoms with van der Waals surface area (Å²) in [4.78, 5) is 29.6. The zero-order valence-electron chi connectivity index (χ0n) is 82.4. The lowest BCUT2D eigenvalue weighted by Crippen LogP contribution is -2.50. The minimum atomic E-state index is -3.15. The molecule has 11 heterocycles. The van der Waals surface area contributed by atoms with Crippen LogP contribution in [-0.4, -0.2) is 285 Å². The van der Waals surface area contributed by atoms with E-state index in [1.54, 1.807) is 17.8 Å². The molecule has 800 valence electrons. The second-order valence-corrected chi connectivity index (χ2v) is 50.4. The number of carbonyl (C=O) groups is 2. The molecule has 14 N–H and O–H groups in total. The average Bonchev–Trinajstić information content (AvgIpc) is 1.59. The van der Waals surface area contributed by atoms with Crippen LogP contribution < -0.4 is 49.9 Å². The third-order valence-electron chi connectivity index (χ3n) is 33.7. The molecule has 6 aliphatic carbocycles. The molecule has 0 spiro atoms. The van der Waals surface area contributed by atoms with E-state index in [-0.39, 0.29) is 80.5 Å². The molecule has 6 saturated carbocycles. The first-order valence-corrected chi connectivity index (χ1v) is 56.7. The maximum atomic E-state index is 14.1. The number of rotatable bonds is 20. The fourth-order valence-corrected chi connectivity index (χ4v) is 31.5. The molecule has 5 aromatic rings. The highest BCUT2D eigenvalue weighted by molar-refractivity contribution is 7.90. The Hall–Kier alpha value is -6.99. The van der Waals surface area contributed by atoms with Crippen molar-refractivity contribution < 1.29 is 107 Å².